The average molecular weight is 107 g/mol. The summed E-state index contributed by atoms with van der Waals surface area (Å²) in [7, 11) is 0. The molecule has 1 aliphatic heterocycles. The first-order valence-electron chi connectivity index (χ1n) is 2.63. The van der Waals surface area contributed by atoms with E-state index in [1.54, 1.807) is 6.21 Å². The van der Waals surface area contributed by atoms with Gasteiger partial charge in [0.15, 0.2) is 0 Å². The summed E-state index contributed by atoms with van der Waals surface area (Å²) in [5, 5.41) is 0. The highest BCUT2D eigenvalue weighted by atomic mass is 14.8. The van der Waals surface area contributed by atoms with Crippen molar-refractivity contribution in [2.75, 3.05) is 0 Å². The molecule has 0 aromatic heterocycles. The molecule has 0 aliphatic carbocycles. The molecule has 1 heterocycles. The Morgan fingerprint density at radius 2 is 2.25 bits per heavy atom. The first kappa shape index (κ1) is 5.29. The van der Waals surface area contributed by atoms with Crippen LogP contribution < -0.4 is 0 Å². The van der Waals surface area contributed by atoms with Crippen LogP contribution in [0.2, 0.25) is 0 Å². The van der Waals surface area contributed by atoms with E-state index in [9.17, 15) is 0 Å². The Bertz CT molecular complexity index is 165. The molecule has 0 aromatic rings. The number of nitrogens with zero attached hydrogens (tertiary/aromatic N) is 1. The van der Waals surface area contributed by atoms with Crippen molar-refractivity contribution in [3.8, 4) is 0 Å². The molecule has 0 spiro atoms. The third-order valence-electron chi connectivity index (χ3n) is 1.37. The second-order valence-electron chi connectivity index (χ2n) is 2.00. The minimum Gasteiger partial charge on any atom is -0.285 e. The Kier molecular flexibility index (Phi) is 1.05. The highest BCUT2D eigenvalue weighted by Crippen LogP contribution is 2.16. The van der Waals surface area contributed by atoms with Gasteiger partial charge in [0, 0.05) is 6.21 Å². The molecule has 42 valence electrons. The quantitative estimate of drug-likeness (QED) is 0.445. The largest absolute Gasteiger partial charge is 0.285 e. The van der Waals surface area contributed by atoms with E-state index >= 15 is 0 Å². The molecular weight excluding hydrogens is 98.1 g/mol. The van der Waals surface area contributed by atoms with Gasteiger partial charge in [-0.3, -0.25) is 4.99 Å². The van der Waals surface area contributed by atoms with Gasteiger partial charge in [0.2, 0.25) is 0 Å². The first-order chi connectivity index (χ1) is 3.72. The van der Waals surface area contributed by atoms with E-state index in [1.165, 1.54) is 0 Å². The summed E-state index contributed by atoms with van der Waals surface area (Å²) in [6, 6.07) is 0.266. The van der Waals surface area contributed by atoms with E-state index in [4.69, 9.17) is 0 Å². The monoisotopic (exact) mass is 107 g/mol. The van der Waals surface area contributed by atoms with Gasteiger partial charge < -0.3 is 0 Å². The predicted octanol–water partition coefficient (Wildman–Crippen LogP) is 1.57. The summed E-state index contributed by atoms with van der Waals surface area (Å²) in [6.45, 7) is 9.54. The Morgan fingerprint density at radius 1 is 1.62 bits per heavy atom. The Morgan fingerprint density at radius 3 is 2.38 bits per heavy atom. The van der Waals surface area contributed by atoms with Crippen molar-refractivity contribution in [1.29, 1.82) is 0 Å². The van der Waals surface area contributed by atoms with Crippen LogP contribution in [0.25, 0.3) is 0 Å². The lowest BCUT2D eigenvalue weighted by atomic mass is 10.1. The van der Waals surface area contributed by atoms with Gasteiger partial charge in [-0.1, -0.05) is 13.2 Å². The second kappa shape index (κ2) is 1.58. The Balaban J connectivity index is 2.85. The van der Waals surface area contributed by atoms with Gasteiger partial charge in [0.25, 0.3) is 0 Å². The fourth-order valence-corrected chi connectivity index (χ4v) is 0.643. The van der Waals surface area contributed by atoms with Crippen LogP contribution in [-0.2, 0) is 0 Å². The maximum absolute atomic E-state index is 4.07. The summed E-state index contributed by atoms with van der Waals surface area (Å²) >= 11 is 0. The number of hydrogen-bond acceptors (Lipinski definition) is 1. The van der Waals surface area contributed by atoms with Crippen molar-refractivity contribution < 1.29 is 0 Å². The van der Waals surface area contributed by atoms with Crippen LogP contribution in [0.3, 0.4) is 0 Å². The zero-order valence-electron chi connectivity index (χ0n) is 5.02. The van der Waals surface area contributed by atoms with Crippen LogP contribution in [0.5, 0.6) is 0 Å². The fourth-order valence-electron chi connectivity index (χ4n) is 0.643. The number of hydrogen-bond donors (Lipinski definition) is 0. The van der Waals surface area contributed by atoms with Gasteiger partial charge in [0.1, 0.15) is 0 Å². The van der Waals surface area contributed by atoms with Crippen LogP contribution in [0.1, 0.15) is 6.92 Å². The molecule has 1 atom stereocenters. The summed E-state index contributed by atoms with van der Waals surface area (Å²) in [4.78, 5) is 4.07. The molecule has 1 heteroatoms. The third-order valence-corrected chi connectivity index (χ3v) is 1.37. The lowest BCUT2D eigenvalue weighted by molar-refractivity contribution is 0.917. The fraction of sp³-hybridized carbons (Fsp3) is 0.286. The van der Waals surface area contributed by atoms with Crippen LogP contribution in [0.15, 0.2) is 29.3 Å². The molecule has 0 saturated carbocycles. The van der Waals surface area contributed by atoms with E-state index in [0.717, 1.165) is 11.1 Å². The molecule has 0 aromatic carbocycles. The van der Waals surface area contributed by atoms with Gasteiger partial charge >= 0.3 is 0 Å². The molecule has 8 heavy (non-hydrogen) atoms. The maximum Gasteiger partial charge on any atom is 0.0721 e. The third kappa shape index (κ3) is 0.601. The lowest BCUT2D eigenvalue weighted by Crippen LogP contribution is -1.93. The molecular formula is C7H9N. The molecule has 1 rings (SSSR count). The Labute approximate surface area is 49.4 Å². The smallest absolute Gasteiger partial charge is 0.0721 e. The summed E-state index contributed by atoms with van der Waals surface area (Å²) in [5.74, 6) is 0. The molecule has 0 N–H and O–H groups in total. The van der Waals surface area contributed by atoms with E-state index in [0.29, 0.717) is 0 Å². The topological polar surface area (TPSA) is 12.4 Å². The van der Waals surface area contributed by atoms with Crippen molar-refractivity contribution in [1.82, 2.24) is 0 Å². The summed E-state index contributed by atoms with van der Waals surface area (Å²) in [6.07, 6.45) is 1.77. The second-order valence-corrected chi connectivity index (χ2v) is 2.00. The van der Waals surface area contributed by atoms with Crippen LogP contribution in [0.4, 0.5) is 0 Å². The van der Waals surface area contributed by atoms with Crippen molar-refractivity contribution in [3.63, 3.8) is 0 Å². The standard InChI is InChI=1S/C7H9N/c1-5-4-8-7(3)6(5)2/h4,7H,1-2H2,3H3. The molecule has 0 radical (unpaired) electrons. The minimum atomic E-state index is 0.266. The van der Waals surface area contributed by atoms with Crippen molar-refractivity contribution >= 4 is 6.21 Å². The van der Waals surface area contributed by atoms with E-state index in [-0.39, 0.29) is 6.04 Å². The molecule has 1 unspecified atom stereocenters. The van der Waals surface area contributed by atoms with Crippen LogP contribution in [-0.4, -0.2) is 12.3 Å². The SMILES string of the molecule is C=C1C=NC(C)C1=C. The van der Waals surface area contributed by atoms with Crippen molar-refractivity contribution in [3.05, 3.63) is 24.3 Å². The zero-order chi connectivity index (χ0) is 6.15. The van der Waals surface area contributed by atoms with Gasteiger partial charge in [-0.25, -0.2) is 0 Å². The van der Waals surface area contributed by atoms with Crippen LogP contribution >= 0.6 is 0 Å². The van der Waals surface area contributed by atoms with Gasteiger partial charge in [-0.05, 0) is 18.1 Å². The number of aliphatic imine (C=N–C) groups is 1. The zero-order valence-corrected chi connectivity index (χ0v) is 5.02. The first-order valence-corrected chi connectivity index (χ1v) is 2.63. The summed E-state index contributed by atoms with van der Waals surface area (Å²) in [5.41, 5.74) is 2.02. The van der Waals surface area contributed by atoms with E-state index in [1.807, 2.05) is 6.92 Å². The lowest BCUT2D eigenvalue weighted by Gasteiger charge is -1.97. The van der Waals surface area contributed by atoms with E-state index in [2.05, 4.69) is 18.2 Å². The molecule has 0 saturated heterocycles. The average Bonchev–Trinajstić information content (AvgIpc) is 1.98. The highest BCUT2D eigenvalue weighted by molar-refractivity contribution is 5.87. The van der Waals surface area contributed by atoms with E-state index < -0.39 is 0 Å². The normalized spacial score (nSPS) is 27.4. The molecule has 0 amide bonds. The molecule has 1 aliphatic rings. The highest BCUT2D eigenvalue weighted by Gasteiger charge is 2.11. The van der Waals surface area contributed by atoms with Gasteiger partial charge in [-0.15, -0.1) is 0 Å². The maximum atomic E-state index is 4.07. The molecule has 0 fully saturated rings. The Hall–Kier alpha value is -0.850. The van der Waals surface area contributed by atoms with Crippen molar-refractivity contribution in [2.45, 2.75) is 13.0 Å². The predicted molar refractivity (Wildman–Crippen MR) is 36.2 cm³/mol. The van der Waals surface area contributed by atoms with Gasteiger partial charge in [-0.2, -0.15) is 0 Å². The van der Waals surface area contributed by atoms with Crippen molar-refractivity contribution in [2.24, 2.45) is 4.99 Å². The molecule has 1 nitrogen and oxygen atoms in total. The number of rotatable bonds is 0. The molecule has 0 bridgehead atoms. The summed E-state index contributed by atoms with van der Waals surface area (Å²) < 4.78 is 0. The van der Waals surface area contributed by atoms with Gasteiger partial charge in [0.05, 0.1) is 6.04 Å². The van der Waals surface area contributed by atoms with Crippen LogP contribution in [0, 0.1) is 0 Å². The minimum absolute atomic E-state index is 0.266.